The highest BCUT2D eigenvalue weighted by Crippen LogP contribution is 2.42. The molecule has 0 atom stereocenters. The average molecular weight is 328 g/mol. The van der Waals surface area contributed by atoms with E-state index in [0.29, 0.717) is 0 Å². The Morgan fingerprint density at radius 3 is 2.29 bits per heavy atom. The lowest BCUT2D eigenvalue weighted by Gasteiger charge is -2.35. The fraction of sp³-hybridized carbons (Fsp3) is 0.682. The Kier molecular flexibility index (Phi) is 7.63. The minimum absolute atomic E-state index is 0.275. The maximum atomic E-state index is 9.86. The fourth-order valence-electron chi connectivity index (χ4n) is 3.81. The highest BCUT2D eigenvalue weighted by molar-refractivity contribution is 5.37. The lowest BCUT2D eigenvalue weighted by atomic mass is 9.67. The molecular weight excluding hydrogens is 294 g/mol. The summed E-state index contributed by atoms with van der Waals surface area (Å²) < 4.78 is 5.74. The fourth-order valence-corrected chi connectivity index (χ4v) is 3.81. The van der Waals surface area contributed by atoms with E-state index in [0.717, 1.165) is 44.0 Å². The van der Waals surface area contributed by atoms with Crippen LogP contribution in [0.15, 0.2) is 24.3 Å². The van der Waals surface area contributed by atoms with Crippen molar-refractivity contribution in [3.63, 3.8) is 0 Å². The second-order valence-electron chi connectivity index (χ2n) is 7.36. The molecule has 2 nitrogen and oxygen atoms in total. The lowest BCUT2D eigenvalue weighted by molar-refractivity contribution is 0.261. The highest BCUT2D eigenvalue weighted by atomic mass is 16.5. The van der Waals surface area contributed by atoms with Gasteiger partial charge in [0.1, 0.15) is 5.75 Å². The third kappa shape index (κ3) is 5.00. The van der Waals surface area contributed by atoms with Gasteiger partial charge in [-0.25, -0.2) is 0 Å². The molecule has 132 valence electrons. The molecule has 0 spiro atoms. The van der Waals surface area contributed by atoms with Crippen molar-refractivity contribution in [1.29, 1.82) is 5.26 Å². The maximum Gasteiger partial charge on any atom is 0.119 e. The van der Waals surface area contributed by atoms with Gasteiger partial charge in [0.2, 0.25) is 0 Å². The van der Waals surface area contributed by atoms with Crippen LogP contribution in [0.2, 0.25) is 0 Å². The molecule has 1 aliphatic carbocycles. The van der Waals surface area contributed by atoms with Gasteiger partial charge >= 0.3 is 0 Å². The molecule has 0 saturated heterocycles. The third-order valence-corrected chi connectivity index (χ3v) is 5.56. The zero-order valence-corrected chi connectivity index (χ0v) is 15.5. The predicted octanol–water partition coefficient (Wildman–Crippen LogP) is 6.40. The summed E-state index contributed by atoms with van der Waals surface area (Å²) in [6.07, 6.45) is 12.0. The summed E-state index contributed by atoms with van der Waals surface area (Å²) in [4.78, 5) is 0. The molecule has 1 aliphatic rings. The second-order valence-corrected chi connectivity index (χ2v) is 7.36. The first-order valence-corrected chi connectivity index (χ1v) is 9.88. The third-order valence-electron chi connectivity index (χ3n) is 5.56. The quantitative estimate of drug-likeness (QED) is 0.492. The van der Waals surface area contributed by atoms with Crippen molar-refractivity contribution < 1.29 is 4.74 Å². The minimum atomic E-state index is -0.275. The first-order valence-electron chi connectivity index (χ1n) is 9.88. The number of benzene rings is 1. The molecule has 0 bridgehead atoms. The number of nitrogens with zero attached hydrogens (tertiary/aromatic N) is 1. The van der Waals surface area contributed by atoms with Gasteiger partial charge in [0, 0.05) is 0 Å². The molecule has 1 saturated carbocycles. The van der Waals surface area contributed by atoms with Crippen LogP contribution in [-0.2, 0) is 5.41 Å². The number of nitriles is 1. The van der Waals surface area contributed by atoms with Crippen LogP contribution in [0.3, 0.4) is 0 Å². The van der Waals surface area contributed by atoms with Crippen LogP contribution in [0, 0.1) is 17.2 Å². The molecule has 2 rings (SSSR count). The van der Waals surface area contributed by atoms with Gasteiger partial charge in [-0.3, -0.25) is 0 Å². The van der Waals surface area contributed by atoms with Crippen molar-refractivity contribution in [2.45, 2.75) is 83.5 Å². The van der Waals surface area contributed by atoms with Gasteiger partial charge in [-0.1, -0.05) is 58.1 Å². The Labute approximate surface area is 148 Å². The molecular formula is C22H33NO. The van der Waals surface area contributed by atoms with Crippen molar-refractivity contribution in [1.82, 2.24) is 0 Å². The van der Waals surface area contributed by atoms with E-state index in [1.165, 1.54) is 44.1 Å². The molecule has 0 N–H and O–H groups in total. The van der Waals surface area contributed by atoms with Gasteiger partial charge in [-0.05, 0) is 55.7 Å². The zero-order valence-electron chi connectivity index (χ0n) is 15.5. The van der Waals surface area contributed by atoms with Crippen LogP contribution in [0.25, 0.3) is 0 Å². The molecule has 0 amide bonds. The highest BCUT2D eigenvalue weighted by Gasteiger charge is 2.36. The molecule has 1 aromatic carbocycles. The number of hydrogen-bond donors (Lipinski definition) is 0. The monoisotopic (exact) mass is 327 g/mol. The van der Waals surface area contributed by atoms with Crippen molar-refractivity contribution in [3.05, 3.63) is 29.8 Å². The summed E-state index contributed by atoms with van der Waals surface area (Å²) in [5.74, 6) is 1.75. The molecule has 2 heteroatoms. The Balaban J connectivity index is 1.92. The van der Waals surface area contributed by atoms with Crippen LogP contribution in [0.4, 0.5) is 0 Å². The molecule has 0 aromatic heterocycles. The van der Waals surface area contributed by atoms with Crippen LogP contribution in [0.5, 0.6) is 5.75 Å². The standard InChI is InChI=1S/C22H33NO/c1-3-5-7-8-19-13-15-22(18-23,16-14-19)20-9-11-21(12-10-20)24-17-6-4-2/h9-12,19H,3-8,13-17H2,1-2H3/t19-,22+. The predicted molar refractivity (Wildman–Crippen MR) is 100 cm³/mol. The molecule has 1 aromatic rings. The summed E-state index contributed by atoms with van der Waals surface area (Å²) in [6.45, 7) is 5.21. The first kappa shape index (κ1) is 18.8. The molecule has 0 radical (unpaired) electrons. The zero-order chi connectivity index (χ0) is 17.3. The Bertz CT molecular complexity index is 506. The number of hydrogen-bond acceptors (Lipinski definition) is 2. The van der Waals surface area contributed by atoms with Gasteiger partial charge in [-0.15, -0.1) is 0 Å². The van der Waals surface area contributed by atoms with E-state index < -0.39 is 0 Å². The maximum absolute atomic E-state index is 9.86. The van der Waals surface area contributed by atoms with Crippen molar-refractivity contribution in [3.8, 4) is 11.8 Å². The lowest BCUT2D eigenvalue weighted by Crippen LogP contribution is -2.30. The number of unbranched alkanes of at least 4 members (excludes halogenated alkanes) is 3. The van der Waals surface area contributed by atoms with Crippen molar-refractivity contribution in [2.24, 2.45) is 5.92 Å². The van der Waals surface area contributed by atoms with Crippen molar-refractivity contribution >= 4 is 0 Å². The van der Waals surface area contributed by atoms with Crippen LogP contribution in [-0.4, -0.2) is 6.61 Å². The van der Waals surface area contributed by atoms with Crippen LogP contribution >= 0.6 is 0 Å². The smallest absolute Gasteiger partial charge is 0.119 e. The van der Waals surface area contributed by atoms with Crippen LogP contribution < -0.4 is 4.74 Å². The SMILES string of the molecule is CCCCC[C@H]1CC[C@@](C#N)(c2ccc(OCCCC)cc2)CC1. The van der Waals surface area contributed by atoms with Crippen molar-refractivity contribution in [2.75, 3.05) is 6.61 Å². The average Bonchev–Trinajstić information content (AvgIpc) is 2.63. The van der Waals surface area contributed by atoms with Gasteiger partial charge < -0.3 is 4.74 Å². The van der Waals surface area contributed by atoms with E-state index in [4.69, 9.17) is 4.74 Å². The number of rotatable bonds is 9. The molecule has 1 fully saturated rings. The second kappa shape index (κ2) is 9.72. The summed E-state index contributed by atoms with van der Waals surface area (Å²) in [5.41, 5.74) is 0.906. The van der Waals surface area contributed by atoms with E-state index in [2.05, 4.69) is 32.0 Å². The Morgan fingerprint density at radius 2 is 1.71 bits per heavy atom. The number of ether oxygens (including phenoxy) is 1. The summed E-state index contributed by atoms with van der Waals surface area (Å²) in [7, 11) is 0. The van der Waals surface area contributed by atoms with Crippen LogP contribution in [0.1, 0.15) is 83.6 Å². The normalized spacial score (nSPS) is 23.6. The summed E-state index contributed by atoms with van der Waals surface area (Å²) in [6, 6.07) is 11.0. The molecule has 0 heterocycles. The van der Waals surface area contributed by atoms with Gasteiger partial charge in [0.05, 0.1) is 18.1 Å². The van der Waals surface area contributed by atoms with E-state index in [1.807, 2.05) is 12.1 Å². The minimum Gasteiger partial charge on any atom is -0.494 e. The molecule has 24 heavy (non-hydrogen) atoms. The largest absolute Gasteiger partial charge is 0.494 e. The topological polar surface area (TPSA) is 33.0 Å². The van der Waals surface area contributed by atoms with Gasteiger partial charge in [0.25, 0.3) is 0 Å². The first-order chi connectivity index (χ1) is 11.7. The Hall–Kier alpha value is -1.49. The van der Waals surface area contributed by atoms with Gasteiger partial charge in [-0.2, -0.15) is 5.26 Å². The summed E-state index contributed by atoms with van der Waals surface area (Å²) in [5, 5.41) is 9.86. The van der Waals surface area contributed by atoms with E-state index in [9.17, 15) is 5.26 Å². The molecule has 0 aliphatic heterocycles. The van der Waals surface area contributed by atoms with E-state index >= 15 is 0 Å². The Morgan fingerprint density at radius 1 is 1.04 bits per heavy atom. The summed E-state index contributed by atoms with van der Waals surface area (Å²) >= 11 is 0. The van der Waals surface area contributed by atoms with E-state index in [-0.39, 0.29) is 5.41 Å². The van der Waals surface area contributed by atoms with Gasteiger partial charge in [0.15, 0.2) is 0 Å². The van der Waals surface area contributed by atoms with E-state index in [1.54, 1.807) is 0 Å². The molecule has 0 unspecified atom stereocenters.